The van der Waals surface area contributed by atoms with Gasteiger partial charge < -0.3 is 4.40 Å². The van der Waals surface area contributed by atoms with Gasteiger partial charge in [-0.2, -0.15) is 0 Å². The van der Waals surface area contributed by atoms with E-state index in [1.54, 1.807) is 5.56 Å². The average molecular weight is 457 g/mol. The van der Waals surface area contributed by atoms with Crippen LogP contribution < -0.4 is 4.57 Å². The predicted octanol–water partition coefficient (Wildman–Crippen LogP) is 6.99. The SMILES string of the molecule is Cc1ccc2c3ccccc3n3c4cc(C56CC7CC(CC(C7)C5)C6)cc5nc[n+](C)c(c1c23)c54. The summed E-state index contributed by atoms with van der Waals surface area (Å²) in [6.45, 7) is 2.26. The number of aryl methyl sites for hydroxylation is 2. The zero-order valence-electron chi connectivity index (χ0n) is 20.5. The van der Waals surface area contributed by atoms with Crippen molar-refractivity contribution in [2.24, 2.45) is 24.8 Å². The highest BCUT2D eigenvalue weighted by Gasteiger charge is 2.51. The second-order valence-electron chi connectivity index (χ2n) is 12.3. The van der Waals surface area contributed by atoms with Gasteiger partial charge in [0.15, 0.2) is 5.52 Å². The molecule has 4 fully saturated rings. The first kappa shape index (κ1) is 19.0. The molecule has 0 atom stereocenters. The van der Waals surface area contributed by atoms with Crippen LogP contribution in [0, 0.1) is 24.7 Å². The van der Waals surface area contributed by atoms with Gasteiger partial charge in [0, 0.05) is 16.2 Å². The fourth-order valence-electron chi connectivity index (χ4n) is 9.29. The standard InChI is InChI=1S/C32H30N3/c1-18-7-8-24-23-5-3-4-6-26(23)35-27-13-22(32-14-19-9-20(15-32)11-21(10-19)16-32)12-25-29(27)31(28(18)30(24)35)34(2)17-33-25/h3-8,12-13,17,19-21H,9-11,14-16H2,1-2H3/q+1. The van der Waals surface area contributed by atoms with Crippen molar-refractivity contribution in [1.29, 1.82) is 0 Å². The first-order chi connectivity index (χ1) is 17.1. The Hall–Kier alpha value is -3.20. The molecule has 0 N–H and O–H groups in total. The molecule has 3 heteroatoms. The Kier molecular flexibility index (Phi) is 3.34. The Balaban J connectivity index is 1.50. The quantitative estimate of drug-likeness (QED) is 0.148. The van der Waals surface area contributed by atoms with Crippen LogP contribution in [0.4, 0.5) is 0 Å². The zero-order chi connectivity index (χ0) is 23.1. The molecule has 3 heterocycles. The van der Waals surface area contributed by atoms with Crippen molar-refractivity contribution in [3.63, 3.8) is 0 Å². The number of rotatable bonds is 1. The predicted molar refractivity (Wildman–Crippen MR) is 142 cm³/mol. The van der Waals surface area contributed by atoms with Crippen LogP contribution >= 0.6 is 0 Å². The molecule has 0 amide bonds. The fraction of sp³-hybridized carbons (Fsp3) is 0.375. The van der Waals surface area contributed by atoms with Gasteiger partial charge in [-0.1, -0.05) is 30.3 Å². The number of pyridine rings is 1. The Morgan fingerprint density at radius 1 is 0.857 bits per heavy atom. The maximum atomic E-state index is 5.05. The number of hydrogen-bond donors (Lipinski definition) is 0. The lowest BCUT2D eigenvalue weighted by molar-refractivity contribution is -0.646. The first-order valence-corrected chi connectivity index (χ1v) is 13.5. The van der Waals surface area contributed by atoms with Crippen molar-refractivity contribution in [3.05, 3.63) is 66.0 Å². The van der Waals surface area contributed by atoms with E-state index in [1.165, 1.54) is 93.2 Å². The fourth-order valence-corrected chi connectivity index (χ4v) is 9.29. The van der Waals surface area contributed by atoms with Crippen LogP contribution in [0.15, 0.2) is 54.9 Å². The summed E-state index contributed by atoms with van der Waals surface area (Å²) in [5.41, 5.74) is 9.76. The van der Waals surface area contributed by atoms with Gasteiger partial charge in [0.25, 0.3) is 6.33 Å². The van der Waals surface area contributed by atoms with E-state index in [2.05, 4.69) is 71.5 Å². The minimum absolute atomic E-state index is 0.355. The molecule has 3 aromatic heterocycles. The smallest absolute Gasteiger partial charge is 0.287 e. The number of aromatic nitrogens is 3. The van der Waals surface area contributed by atoms with Gasteiger partial charge in [-0.15, -0.1) is 0 Å². The second kappa shape index (κ2) is 6.13. The number of hydrogen-bond acceptors (Lipinski definition) is 1. The van der Waals surface area contributed by atoms with Crippen molar-refractivity contribution >= 4 is 49.1 Å². The topological polar surface area (TPSA) is 21.2 Å². The minimum atomic E-state index is 0.355. The normalized spacial score (nSPS) is 28.0. The van der Waals surface area contributed by atoms with E-state index in [-0.39, 0.29) is 0 Å². The Bertz CT molecular complexity index is 1820. The van der Waals surface area contributed by atoms with Gasteiger partial charge in [0.05, 0.1) is 29.0 Å². The molecule has 35 heavy (non-hydrogen) atoms. The third-order valence-corrected chi connectivity index (χ3v) is 10.2. The van der Waals surface area contributed by atoms with E-state index >= 15 is 0 Å². The van der Waals surface area contributed by atoms with Crippen LogP contribution in [-0.2, 0) is 12.5 Å². The maximum absolute atomic E-state index is 5.05. The Morgan fingerprint density at radius 2 is 1.60 bits per heavy atom. The molecule has 0 unspecified atom stereocenters. The van der Waals surface area contributed by atoms with Gasteiger partial charge in [-0.3, -0.25) is 0 Å². The molecular weight excluding hydrogens is 426 g/mol. The Labute approximate surface area is 204 Å². The molecule has 4 aliphatic carbocycles. The summed E-state index contributed by atoms with van der Waals surface area (Å²) in [5, 5.41) is 5.38. The molecule has 10 rings (SSSR count). The van der Waals surface area contributed by atoms with Gasteiger partial charge in [0.2, 0.25) is 0 Å². The van der Waals surface area contributed by atoms with E-state index in [0.717, 1.165) is 17.8 Å². The highest BCUT2D eigenvalue weighted by molar-refractivity contribution is 6.25. The van der Waals surface area contributed by atoms with Crippen molar-refractivity contribution in [1.82, 2.24) is 9.38 Å². The average Bonchev–Trinajstić information content (AvgIpc) is 3.18. The van der Waals surface area contributed by atoms with Crippen LogP contribution in [0.3, 0.4) is 0 Å². The first-order valence-electron chi connectivity index (χ1n) is 13.5. The summed E-state index contributed by atoms with van der Waals surface area (Å²) < 4.78 is 4.83. The molecule has 4 saturated carbocycles. The number of fused-ring (bicyclic) bond motifs is 5. The zero-order valence-corrected chi connectivity index (χ0v) is 20.5. The molecule has 0 aliphatic heterocycles. The van der Waals surface area contributed by atoms with Crippen molar-refractivity contribution in [2.75, 3.05) is 0 Å². The van der Waals surface area contributed by atoms with E-state index in [9.17, 15) is 0 Å². The second-order valence-corrected chi connectivity index (χ2v) is 12.3. The molecule has 0 radical (unpaired) electrons. The molecule has 3 aromatic carbocycles. The van der Waals surface area contributed by atoms with Crippen LogP contribution in [0.5, 0.6) is 0 Å². The molecule has 0 spiro atoms. The molecule has 172 valence electrons. The van der Waals surface area contributed by atoms with E-state index in [1.807, 2.05) is 6.33 Å². The summed E-state index contributed by atoms with van der Waals surface area (Å²) in [5.74, 6) is 2.81. The molecule has 4 aliphatic rings. The molecular formula is C32H30N3+. The van der Waals surface area contributed by atoms with Gasteiger partial charge in [-0.05, 0) is 103 Å². The van der Waals surface area contributed by atoms with Crippen molar-refractivity contribution in [2.45, 2.75) is 50.9 Å². The molecule has 3 nitrogen and oxygen atoms in total. The lowest BCUT2D eigenvalue weighted by Gasteiger charge is -2.57. The number of para-hydroxylation sites is 1. The third-order valence-electron chi connectivity index (χ3n) is 10.2. The number of benzene rings is 3. The molecule has 4 bridgehead atoms. The van der Waals surface area contributed by atoms with Gasteiger partial charge in [0.1, 0.15) is 5.52 Å². The van der Waals surface area contributed by atoms with Crippen LogP contribution in [0.2, 0.25) is 0 Å². The lowest BCUT2D eigenvalue weighted by Crippen LogP contribution is -2.48. The van der Waals surface area contributed by atoms with E-state index in [4.69, 9.17) is 4.98 Å². The van der Waals surface area contributed by atoms with E-state index < -0.39 is 0 Å². The summed E-state index contributed by atoms with van der Waals surface area (Å²) in [4.78, 5) is 5.05. The summed E-state index contributed by atoms with van der Waals surface area (Å²) in [7, 11) is 2.16. The largest absolute Gasteiger partial charge is 0.308 e. The van der Waals surface area contributed by atoms with Crippen molar-refractivity contribution < 1.29 is 4.57 Å². The molecule has 6 aromatic rings. The van der Waals surface area contributed by atoms with Gasteiger partial charge in [-0.25, -0.2) is 4.57 Å². The van der Waals surface area contributed by atoms with Crippen LogP contribution in [-0.4, -0.2) is 9.38 Å². The third kappa shape index (κ3) is 2.24. The van der Waals surface area contributed by atoms with Crippen molar-refractivity contribution in [3.8, 4) is 0 Å². The maximum Gasteiger partial charge on any atom is 0.287 e. The highest BCUT2D eigenvalue weighted by Crippen LogP contribution is 2.61. The summed E-state index contributed by atoms with van der Waals surface area (Å²) in [6, 6.07) is 18.7. The minimum Gasteiger partial charge on any atom is -0.308 e. The van der Waals surface area contributed by atoms with E-state index in [0.29, 0.717) is 5.41 Å². The highest BCUT2D eigenvalue weighted by atomic mass is 15.0. The van der Waals surface area contributed by atoms with Gasteiger partial charge >= 0.3 is 0 Å². The number of nitrogens with zero attached hydrogens (tertiary/aromatic N) is 3. The monoisotopic (exact) mass is 456 g/mol. The lowest BCUT2D eigenvalue weighted by atomic mass is 9.48. The van der Waals surface area contributed by atoms with Crippen LogP contribution in [0.25, 0.3) is 49.1 Å². The van der Waals surface area contributed by atoms with Crippen LogP contribution in [0.1, 0.15) is 49.7 Å². The summed E-state index contributed by atoms with van der Waals surface area (Å²) >= 11 is 0. The molecule has 0 saturated heterocycles. The Morgan fingerprint density at radius 3 is 2.37 bits per heavy atom. The summed E-state index contributed by atoms with van der Waals surface area (Å²) in [6.07, 6.45) is 10.6.